The van der Waals surface area contributed by atoms with Gasteiger partial charge < -0.3 is 4.42 Å². The molecule has 0 saturated heterocycles. The Morgan fingerprint density at radius 3 is 2.35 bits per heavy atom. The molecule has 7 nitrogen and oxygen atoms in total. The first-order chi connectivity index (χ1) is 7.88. The van der Waals surface area contributed by atoms with E-state index < -0.39 is 11.4 Å². The molecule has 1 aromatic rings. The summed E-state index contributed by atoms with van der Waals surface area (Å²) in [4.78, 5) is 27.6. The monoisotopic (exact) mass is 242 g/mol. The Balaban J connectivity index is 3.57. The fraction of sp³-hybridized carbons (Fsp3) is 0.700. The van der Waals surface area contributed by atoms with Crippen LogP contribution in [0, 0.1) is 0 Å². The summed E-state index contributed by atoms with van der Waals surface area (Å²) in [5.41, 5.74) is -0.419. The van der Waals surface area contributed by atoms with Gasteiger partial charge in [-0.25, -0.2) is 19.1 Å². The molecule has 1 atom stereocenters. The SMILES string of the molecule is CNC(C)N=c1oc(=O)n(C(C)C)c(=O)n1C. The first kappa shape index (κ1) is 13.4. The lowest BCUT2D eigenvalue weighted by atomic mass is 10.4. The molecule has 0 spiro atoms. The highest BCUT2D eigenvalue weighted by atomic mass is 16.4. The minimum atomic E-state index is -0.690. The molecule has 0 aromatic carbocycles. The van der Waals surface area contributed by atoms with Crippen molar-refractivity contribution in [3.63, 3.8) is 0 Å². The summed E-state index contributed by atoms with van der Waals surface area (Å²) in [7, 11) is 3.24. The van der Waals surface area contributed by atoms with Crippen molar-refractivity contribution < 1.29 is 4.42 Å². The Kier molecular flexibility index (Phi) is 4.06. The van der Waals surface area contributed by atoms with Crippen molar-refractivity contribution in [2.24, 2.45) is 12.0 Å². The summed E-state index contributed by atoms with van der Waals surface area (Å²) < 4.78 is 7.28. The highest BCUT2D eigenvalue weighted by Crippen LogP contribution is 1.92. The van der Waals surface area contributed by atoms with E-state index in [4.69, 9.17) is 4.42 Å². The number of aromatic nitrogens is 2. The Hall–Kier alpha value is -1.63. The number of hydrogen-bond acceptors (Lipinski definition) is 5. The largest absolute Gasteiger partial charge is 0.426 e. The summed E-state index contributed by atoms with van der Waals surface area (Å²) in [6.07, 6.45) is -0.237. The van der Waals surface area contributed by atoms with Crippen molar-refractivity contribution in [1.82, 2.24) is 14.5 Å². The van der Waals surface area contributed by atoms with Gasteiger partial charge in [0.2, 0.25) is 0 Å². The minimum Gasteiger partial charge on any atom is -0.375 e. The van der Waals surface area contributed by atoms with Crippen LogP contribution in [0.1, 0.15) is 26.8 Å². The van der Waals surface area contributed by atoms with Gasteiger partial charge in [0, 0.05) is 13.1 Å². The molecule has 17 heavy (non-hydrogen) atoms. The normalized spacial score (nSPS) is 14.4. The van der Waals surface area contributed by atoms with Crippen LogP contribution in [-0.4, -0.2) is 22.3 Å². The Morgan fingerprint density at radius 1 is 1.29 bits per heavy atom. The Labute approximate surface area is 98.4 Å². The van der Waals surface area contributed by atoms with Gasteiger partial charge in [-0.15, -0.1) is 0 Å². The van der Waals surface area contributed by atoms with Crippen molar-refractivity contribution in [3.8, 4) is 0 Å². The minimum absolute atomic E-state index is 0.0127. The lowest BCUT2D eigenvalue weighted by Crippen LogP contribution is -2.47. The van der Waals surface area contributed by atoms with Crippen LogP contribution < -0.4 is 22.4 Å². The number of nitrogens with zero attached hydrogens (tertiary/aromatic N) is 3. The third-order valence-electron chi connectivity index (χ3n) is 2.39. The van der Waals surface area contributed by atoms with Crippen LogP contribution in [0.15, 0.2) is 19.0 Å². The molecule has 7 heteroatoms. The standard InChI is InChI=1S/C10H18N4O3/c1-6(2)14-9(15)13(5)8(17-10(14)16)12-7(3)11-4/h6-7,11H,1-5H3. The molecule has 0 amide bonds. The number of nitrogens with one attached hydrogen (secondary N) is 1. The molecule has 0 bridgehead atoms. The second-order valence-corrected chi connectivity index (χ2v) is 4.05. The maximum atomic E-state index is 11.9. The molecule has 1 N–H and O–H groups in total. The molecule has 1 rings (SSSR count). The Bertz CT molecular complexity index is 564. The summed E-state index contributed by atoms with van der Waals surface area (Å²) in [5, 5.41) is 2.87. The van der Waals surface area contributed by atoms with Gasteiger partial charge in [0.15, 0.2) is 0 Å². The van der Waals surface area contributed by atoms with Gasteiger partial charge >= 0.3 is 17.1 Å². The summed E-state index contributed by atoms with van der Waals surface area (Å²) in [6.45, 7) is 5.27. The summed E-state index contributed by atoms with van der Waals surface area (Å²) in [5.74, 6) is -0.690. The van der Waals surface area contributed by atoms with Gasteiger partial charge in [0.05, 0.1) is 0 Å². The van der Waals surface area contributed by atoms with E-state index in [0.29, 0.717) is 0 Å². The van der Waals surface area contributed by atoms with E-state index >= 15 is 0 Å². The first-order valence-electron chi connectivity index (χ1n) is 5.42. The predicted octanol–water partition coefficient (Wildman–Crippen LogP) is -0.813. The molecular formula is C10H18N4O3. The van der Waals surface area contributed by atoms with Crippen molar-refractivity contribution in [3.05, 3.63) is 26.7 Å². The van der Waals surface area contributed by atoms with Crippen LogP contribution in [0.3, 0.4) is 0 Å². The molecule has 0 aliphatic rings. The summed E-state index contributed by atoms with van der Waals surface area (Å²) >= 11 is 0. The topological polar surface area (TPSA) is 81.5 Å². The van der Waals surface area contributed by atoms with Crippen LogP contribution in [0.4, 0.5) is 0 Å². The van der Waals surface area contributed by atoms with Gasteiger partial charge in [-0.1, -0.05) is 0 Å². The van der Waals surface area contributed by atoms with Crippen molar-refractivity contribution in [1.29, 1.82) is 0 Å². The maximum Gasteiger partial charge on any atom is 0.426 e. The highest BCUT2D eigenvalue weighted by molar-refractivity contribution is 4.71. The number of hydrogen-bond donors (Lipinski definition) is 1. The van der Waals surface area contributed by atoms with E-state index in [1.807, 2.05) is 0 Å². The molecule has 0 aliphatic heterocycles. The third-order valence-corrected chi connectivity index (χ3v) is 2.39. The Morgan fingerprint density at radius 2 is 1.88 bits per heavy atom. The average Bonchev–Trinajstić information content (AvgIpc) is 2.24. The van der Waals surface area contributed by atoms with Crippen LogP contribution >= 0.6 is 0 Å². The van der Waals surface area contributed by atoms with E-state index in [9.17, 15) is 9.59 Å². The zero-order chi connectivity index (χ0) is 13.2. The predicted molar refractivity (Wildman–Crippen MR) is 62.7 cm³/mol. The van der Waals surface area contributed by atoms with Gasteiger partial charge in [-0.2, -0.15) is 0 Å². The molecule has 0 saturated carbocycles. The summed E-state index contributed by atoms with van der Waals surface area (Å²) in [6, 6.07) is -0.249. The van der Waals surface area contributed by atoms with Crippen molar-refractivity contribution in [2.45, 2.75) is 33.0 Å². The van der Waals surface area contributed by atoms with E-state index in [0.717, 1.165) is 4.57 Å². The van der Waals surface area contributed by atoms with E-state index in [1.54, 1.807) is 27.8 Å². The average molecular weight is 242 g/mol. The zero-order valence-corrected chi connectivity index (χ0v) is 10.7. The fourth-order valence-electron chi connectivity index (χ4n) is 1.29. The lowest BCUT2D eigenvalue weighted by molar-refractivity contribution is 0.303. The smallest absolute Gasteiger partial charge is 0.375 e. The van der Waals surface area contributed by atoms with Gasteiger partial charge in [0.25, 0.3) is 0 Å². The molecule has 1 heterocycles. The maximum absolute atomic E-state index is 11.9. The van der Waals surface area contributed by atoms with E-state index in [2.05, 4.69) is 10.3 Å². The molecule has 96 valence electrons. The molecule has 1 aromatic heterocycles. The van der Waals surface area contributed by atoms with Crippen molar-refractivity contribution >= 4 is 0 Å². The van der Waals surface area contributed by atoms with E-state index in [-0.39, 0.29) is 17.9 Å². The molecule has 0 aliphatic carbocycles. The molecular weight excluding hydrogens is 224 g/mol. The quantitative estimate of drug-likeness (QED) is 0.751. The second kappa shape index (κ2) is 5.13. The number of rotatable bonds is 3. The van der Waals surface area contributed by atoms with Gasteiger partial charge in [0.1, 0.15) is 6.17 Å². The fourth-order valence-corrected chi connectivity index (χ4v) is 1.29. The van der Waals surface area contributed by atoms with Gasteiger partial charge in [-0.3, -0.25) is 9.88 Å². The third kappa shape index (κ3) is 2.73. The molecule has 1 unspecified atom stereocenters. The van der Waals surface area contributed by atoms with Gasteiger partial charge in [-0.05, 0) is 27.8 Å². The van der Waals surface area contributed by atoms with Crippen LogP contribution in [0.2, 0.25) is 0 Å². The molecule has 0 fully saturated rings. The highest BCUT2D eigenvalue weighted by Gasteiger charge is 2.11. The van der Waals surface area contributed by atoms with E-state index in [1.165, 1.54) is 11.6 Å². The second-order valence-electron chi connectivity index (χ2n) is 4.05. The van der Waals surface area contributed by atoms with Crippen LogP contribution in [0.5, 0.6) is 0 Å². The first-order valence-corrected chi connectivity index (χ1v) is 5.42. The zero-order valence-electron chi connectivity index (χ0n) is 10.7. The lowest BCUT2D eigenvalue weighted by Gasteiger charge is -2.09. The van der Waals surface area contributed by atoms with Crippen LogP contribution in [0.25, 0.3) is 0 Å². The van der Waals surface area contributed by atoms with Crippen LogP contribution in [-0.2, 0) is 7.05 Å². The van der Waals surface area contributed by atoms with Crippen molar-refractivity contribution in [2.75, 3.05) is 7.05 Å². The molecule has 0 radical (unpaired) electrons.